The number of carbonyl (C=O) groups excluding carboxylic acids is 1. The van der Waals surface area contributed by atoms with Crippen LogP contribution < -0.4 is 10.1 Å². The summed E-state index contributed by atoms with van der Waals surface area (Å²) in [4.78, 5) is 21.9. The van der Waals surface area contributed by atoms with Crippen molar-refractivity contribution in [2.24, 2.45) is 0 Å². The third-order valence-electron chi connectivity index (χ3n) is 2.39. The van der Waals surface area contributed by atoms with Crippen LogP contribution >= 0.6 is 0 Å². The summed E-state index contributed by atoms with van der Waals surface area (Å²) in [5.41, 5.74) is 0. The number of aryl methyl sites for hydroxylation is 1. The van der Waals surface area contributed by atoms with Crippen LogP contribution in [0.2, 0.25) is 0 Å². The third kappa shape index (κ3) is 6.44. The number of nitrogens with one attached hydrogen (secondary N) is 1. The molecule has 1 rings (SSSR count). The summed E-state index contributed by atoms with van der Waals surface area (Å²) in [7, 11) is 0. The first kappa shape index (κ1) is 15.0. The highest BCUT2D eigenvalue weighted by molar-refractivity contribution is 5.77. The van der Waals surface area contributed by atoms with Gasteiger partial charge >= 0.3 is 5.97 Å². The van der Waals surface area contributed by atoms with Crippen molar-refractivity contribution in [3.05, 3.63) is 11.8 Å². The number of hydrogen-bond acceptors (Lipinski definition) is 5. The predicted molar refractivity (Wildman–Crippen MR) is 65.8 cm³/mol. The Hall–Kier alpha value is -2.05. The van der Waals surface area contributed by atoms with E-state index in [1.54, 1.807) is 13.0 Å². The summed E-state index contributed by atoms with van der Waals surface area (Å²) in [5, 5.41) is 14.8. The summed E-state index contributed by atoms with van der Waals surface area (Å²) in [5.74, 6) is -0.227. The molecule has 0 spiro atoms. The van der Waals surface area contributed by atoms with Gasteiger partial charge in [-0.2, -0.15) is 0 Å². The summed E-state index contributed by atoms with van der Waals surface area (Å²) < 4.78 is 9.91. The molecule has 0 aliphatic carbocycles. The maximum atomic E-state index is 11.5. The molecule has 1 aromatic heterocycles. The lowest BCUT2D eigenvalue weighted by molar-refractivity contribution is -0.137. The third-order valence-corrected chi connectivity index (χ3v) is 2.39. The number of rotatable bonds is 8. The molecule has 0 saturated carbocycles. The zero-order chi connectivity index (χ0) is 14.3. The first-order valence-corrected chi connectivity index (χ1v) is 6.04. The number of carboxylic acids is 1. The van der Waals surface area contributed by atoms with Crippen molar-refractivity contribution in [3.8, 4) is 5.88 Å². The number of carboxylic acid groups (broad SMARTS) is 1. The van der Waals surface area contributed by atoms with E-state index < -0.39 is 5.97 Å². The van der Waals surface area contributed by atoms with Crippen molar-refractivity contribution in [1.82, 2.24) is 10.5 Å². The van der Waals surface area contributed by atoms with Crippen LogP contribution in [0.25, 0.3) is 0 Å². The van der Waals surface area contributed by atoms with Crippen molar-refractivity contribution >= 4 is 11.9 Å². The Bertz CT molecular complexity index is 430. The van der Waals surface area contributed by atoms with E-state index in [0.717, 1.165) is 0 Å². The number of amides is 1. The second-order valence-corrected chi connectivity index (χ2v) is 4.32. The van der Waals surface area contributed by atoms with E-state index >= 15 is 0 Å². The molecule has 1 aromatic rings. The highest BCUT2D eigenvalue weighted by atomic mass is 16.5. The van der Waals surface area contributed by atoms with E-state index in [0.29, 0.717) is 18.6 Å². The molecule has 0 bridgehead atoms. The number of hydrogen-bond donors (Lipinski definition) is 2. The van der Waals surface area contributed by atoms with E-state index in [4.69, 9.17) is 14.4 Å². The van der Waals surface area contributed by atoms with E-state index in [2.05, 4.69) is 10.5 Å². The molecular weight excluding hydrogens is 252 g/mol. The van der Waals surface area contributed by atoms with Crippen LogP contribution in [0.3, 0.4) is 0 Å². The molecule has 7 heteroatoms. The van der Waals surface area contributed by atoms with Gasteiger partial charge in [0.25, 0.3) is 11.8 Å². The largest absolute Gasteiger partial charge is 0.481 e. The number of carbonyl (C=O) groups is 2. The standard InChI is InChI=1S/C12H18N2O5/c1-8(4-3-5-12(16)17)13-10(15)7-18-11-6-9(2)19-14-11/h6,8H,3-5,7H2,1-2H3,(H,13,15)(H,16,17). The van der Waals surface area contributed by atoms with Gasteiger partial charge in [-0.05, 0) is 31.8 Å². The molecule has 1 amide bonds. The number of aromatic nitrogens is 1. The Morgan fingerprint density at radius 3 is 2.89 bits per heavy atom. The monoisotopic (exact) mass is 270 g/mol. The van der Waals surface area contributed by atoms with Crippen molar-refractivity contribution in [1.29, 1.82) is 0 Å². The van der Waals surface area contributed by atoms with Gasteiger partial charge in [0.2, 0.25) is 0 Å². The Balaban J connectivity index is 2.17. The normalized spacial score (nSPS) is 11.9. The number of ether oxygens (including phenoxy) is 1. The van der Waals surface area contributed by atoms with Gasteiger partial charge in [-0.25, -0.2) is 0 Å². The minimum absolute atomic E-state index is 0.0884. The predicted octanol–water partition coefficient (Wildman–Crippen LogP) is 1.12. The second kappa shape index (κ2) is 7.40. The highest BCUT2D eigenvalue weighted by Crippen LogP contribution is 2.09. The molecule has 0 radical (unpaired) electrons. The summed E-state index contributed by atoms with van der Waals surface area (Å²) in [6.07, 6.45) is 1.25. The van der Waals surface area contributed by atoms with Crippen molar-refractivity contribution in [2.45, 2.75) is 39.2 Å². The fraction of sp³-hybridized carbons (Fsp3) is 0.583. The molecular formula is C12H18N2O5. The first-order valence-electron chi connectivity index (χ1n) is 6.04. The Kier molecular flexibility index (Phi) is 5.84. The molecule has 0 aliphatic heterocycles. The molecule has 7 nitrogen and oxygen atoms in total. The van der Waals surface area contributed by atoms with Crippen LogP contribution in [0.4, 0.5) is 0 Å². The molecule has 2 N–H and O–H groups in total. The lowest BCUT2D eigenvalue weighted by atomic mass is 10.1. The van der Waals surface area contributed by atoms with Crippen molar-refractivity contribution in [3.63, 3.8) is 0 Å². The average Bonchev–Trinajstić information content (AvgIpc) is 2.72. The van der Waals surface area contributed by atoms with Crippen LogP contribution in [-0.2, 0) is 9.59 Å². The molecule has 0 aromatic carbocycles. The Morgan fingerprint density at radius 2 is 2.32 bits per heavy atom. The first-order chi connectivity index (χ1) is 8.97. The lowest BCUT2D eigenvalue weighted by Crippen LogP contribution is -2.36. The molecule has 0 aliphatic rings. The summed E-state index contributed by atoms with van der Waals surface area (Å²) in [6.45, 7) is 3.40. The minimum Gasteiger partial charge on any atom is -0.481 e. The maximum Gasteiger partial charge on any atom is 0.303 e. The fourth-order valence-electron chi connectivity index (χ4n) is 1.50. The summed E-state index contributed by atoms with van der Waals surface area (Å²) in [6, 6.07) is 1.50. The quantitative estimate of drug-likeness (QED) is 0.734. The molecule has 106 valence electrons. The zero-order valence-electron chi connectivity index (χ0n) is 11.0. The van der Waals surface area contributed by atoms with Crippen LogP contribution in [0.1, 0.15) is 31.9 Å². The molecule has 1 atom stereocenters. The van der Waals surface area contributed by atoms with Gasteiger partial charge in [0.1, 0.15) is 5.76 Å². The fourth-order valence-corrected chi connectivity index (χ4v) is 1.50. The zero-order valence-corrected chi connectivity index (χ0v) is 11.0. The smallest absolute Gasteiger partial charge is 0.303 e. The van der Waals surface area contributed by atoms with Crippen molar-refractivity contribution in [2.75, 3.05) is 6.61 Å². The van der Waals surface area contributed by atoms with Gasteiger partial charge in [0.15, 0.2) is 6.61 Å². The summed E-state index contributed by atoms with van der Waals surface area (Å²) >= 11 is 0. The van der Waals surface area contributed by atoms with E-state index in [1.807, 2.05) is 6.92 Å². The van der Waals surface area contributed by atoms with Gasteiger partial charge in [-0.3, -0.25) is 9.59 Å². The highest BCUT2D eigenvalue weighted by Gasteiger charge is 2.10. The Morgan fingerprint density at radius 1 is 1.58 bits per heavy atom. The van der Waals surface area contributed by atoms with Crippen LogP contribution in [0, 0.1) is 6.92 Å². The minimum atomic E-state index is -0.830. The molecule has 1 heterocycles. The van der Waals surface area contributed by atoms with E-state index in [9.17, 15) is 9.59 Å². The lowest BCUT2D eigenvalue weighted by Gasteiger charge is -2.12. The van der Waals surface area contributed by atoms with Gasteiger partial charge in [-0.15, -0.1) is 0 Å². The molecule has 0 fully saturated rings. The van der Waals surface area contributed by atoms with Crippen LogP contribution in [0.5, 0.6) is 5.88 Å². The number of nitrogens with zero attached hydrogens (tertiary/aromatic N) is 1. The maximum absolute atomic E-state index is 11.5. The van der Waals surface area contributed by atoms with Gasteiger partial charge in [0.05, 0.1) is 0 Å². The van der Waals surface area contributed by atoms with Gasteiger partial charge < -0.3 is 19.7 Å². The van der Waals surface area contributed by atoms with E-state index in [-0.39, 0.29) is 30.9 Å². The molecule has 19 heavy (non-hydrogen) atoms. The molecule has 0 saturated heterocycles. The number of aliphatic carboxylic acids is 1. The van der Waals surface area contributed by atoms with Gasteiger partial charge in [-0.1, -0.05) is 0 Å². The topological polar surface area (TPSA) is 102 Å². The van der Waals surface area contributed by atoms with E-state index in [1.165, 1.54) is 0 Å². The van der Waals surface area contributed by atoms with Gasteiger partial charge in [0, 0.05) is 18.5 Å². The van der Waals surface area contributed by atoms with Crippen LogP contribution in [0.15, 0.2) is 10.6 Å². The SMILES string of the molecule is Cc1cc(OCC(=O)NC(C)CCCC(=O)O)no1. The second-order valence-electron chi connectivity index (χ2n) is 4.32. The average molecular weight is 270 g/mol. The van der Waals surface area contributed by atoms with Crippen molar-refractivity contribution < 1.29 is 24.0 Å². The van der Waals surface area contributed by atoms with Crippen LogP contribution in [-0.4, -0.2) is 34.8 Å². The Labute approximate surface area is 110 Å². The molecule has 1 unspecified atom stereocenters.